The van der Waals surface area contributed by atoms with E-state index in [0.29, 0.717) is 22.9 Å². The van der Waals surface area contributed by atoms with E-state index in [2.05, 4.69) is 20.8 Å². The number of aromatic nitrogens is 3. The van der Waals surface area contributed by atoms with Gasteiger partial charge in [0.25, 0.3) is 0 Å². The number of methoxy groups -OCH3 is 1. The van der Waals surface area contributed by atoms with Crippen LogP contribution in [-0.2, 0) is 6.61 Å². The Morgan fingerprint density at radius 2 is 2.07 bits per heavy atom. The topological polar surface area (TPSA) is 137 Å². The van der Waals surface area contributed by atoms with E-state index < -0.39 is 5.97 Å². The van der Waals surface area contributed by atoms with Gasteiger partial charge < -0.3 is 20.3 Å². The fourth-order valence-electron chi connectivity index (χ4n) is 2.46. The van der Waals surface area contributed by atoms with Gasteiger partial charge in [0.1, 0.15) is 12.3 Å². The molecule has 0 spiro atoms. The lowest BCUT2D eigenvalue weighted by Gasteiger charge is -2.10. The second-order valence-electron chi connectivity index (χ2n) is 5.94. The van der Waals surface area contributed by atoms with Gasteiger partial charge in [0.2, 0.25) is 0 Å². The summed E-state index contributed by atoms with van der Waals surface area (Å²) >= 11 is 4.69. The highest BCUT2D eigenvalue weighted by Gasteiger charge is 2.09. The summed E-state index contributed by atoms with van der Waals surface area (Å²) in [5, 5.41) is 21.1. The maximum Gasteiger partial charge on any atom is 0.335 e. The van der Waals surface area contributed by atoms with Gasteiger partial charge in [-0.2, -0.15) is 5.10 Å². The fourth-order valence-corrected chi connectivity index (χ4v) is 2.51. The van der Waals surface area contributed by atoms with Crippen molar-refractivity contribution in [1.82, 2.24) is 20.4 Å². The van der Waals surface area contributed by atoms with E-state index in [-0.39, 0.29) is 17.3 Å². The van der Waals surface area contributed by atoms with E-state index in [1.165, 1.54) is 16.8 Å². The van der Waals surface area contributed by atoms with E-state index >= 15 is 0 Å². The molecule has 0 unspecified atom stereocenters. The number of carboxylic acid groups (broad SMARTS) is 1. The summed E-state index contributed by atoms with van der Waals surface area (Å²) in [6.45, 7) is 0.148. The van der Waals surface area contributed by atoms with Gasteiger partial charge in [-0.15, -0.1) is 5.10 Å². The molecule has 2 aromatic carbocycles. The molecule has 0 fully saturated rings. The van der Waals surface area contributed by atoms with Gasteiger partial charge in [0.15, 0.2) is 16.6 Å². The van der Waals surface area contributed by atoms with Gasteiger partial charge in [-0.1, -0.05) is 5.21 Å². The average molecular weight is 426 g/mol. The van der Waals surface area contributed by atoms with Crippen LogP contribution in [0.4, 0.5) is 0 Å². The van der Waals surface area contributed by atoms with Gasteiger partial charge in [-0.3, -0.25) is 5.43 Å². The van der Waals surface area contributed by atoms with E-state index in [0.717, 1.165) is 5.56 Å². The molecule has 10 nitrogen and oxygen atoms in total. The van der Waals surface area contributed by atoms with Crippen molar-refractivity contribution in [3.63, 3.8) is 0 Å². The van der Waals surface area contributed by atoms with Crippen molar-refractivity contribution in [3.8, 4) is 17.2 Å². The van der Waals surface area contributed by atoms with Crippen LogP contribution in [0, 0.1) is 0 Å². The first-order chi connectivity index (χ1) is 14.5. The predicted octanol–water partition coefficient (Wildman–Crippen LogP) is 1.72. The quantitative estimate of drug-likeness (QED) is 0.279. The number of aromatic carboxylic acids is 1. The van der Waals surface area contributed by atoms with Crippen LogP contribution < -0.4 is 20.6 Å². The minimum Gasteiger partial charge on any atom is -0.493 e. The zero-order valence-corrected chi connectivity index (χ0v) is 16.7. The summed E-state index contributed by atoms with van der Waals surface area (Å²) in [5.74, 6) is 0.0558. The predicted molar refractivity (Wildman–Crippen MR) is 113 cm³/mol. The molecule has 0 amide bonds. The lowest BCUT2D eigenvalue weighted by molar-refractivity contribution is 0.0697. The average Bonchev–Trinajstić information content (AvgIpc) is 3.21. The molecule has 0 atom stereocenters. The molecule has 0 aliphatic carbocycles. The van der Waals surface area contributed by atoms with Crippen molar-refractivity contribution in [2.24, 2.45) is 10.8 Å². The third-order valence-corrected chi connectivity index (χ3v) is 3.96. The molecule has 0 saturated heterocycles. The number of rotatable bonds is 8. The molecule has 3 rings (SSSR count). The van der Waals surface area contributed by atoms with Crippen LogP contribution in [-0.4, -0.2) is 44.5 Å². The number of carboxylic acids is 1. The first-order valence-corrected chi connectivity index (χ1v) is 9.01. The number of nitrogens with one attached hydrogen (secondary N) is 1. The largest absolute Gasteiger partial charge is 0.493 e. The molecule has 30 heavy (non-hydrogen) atoms. The third kappa shape index (κ3) is 5.29. The number of nitrogens with zero attached hydrogens (tertiary/aromatic N) is 4. The molecule has 154 valence electrons. The Morgan fingerprint density at radius 3 is 2.73 bits per heavy atom. The Bertz CT molecular complexity index is 1080. The molecular weight excluding hydrogens is 408 g/mol. The fraction of sp³-hybridized carbons (Fsp3) is 0.105. The van der Waals surface area contributed by atoms with E-state index in [4.69, 9.17) is 32.5 Å². The third-order valence-electron chi connectivity index (χ3n) is 3.87. The summed E-state index contributed by atoms with van der Waals surface area (Å²) in [6, 6.07) is 11.6. The monoisotopic (exact) mass is 426 g/mol. The SMILES string of the molecule is COc1ccc(/C=N/NC(N)=S)cc1OCc1cn(-c2ccc(C(=O)O)cc2)nn1. The minimum atomic E-state index is -0.989. The Hall–Kier alpha value is -3.99. The summed E-state index contributed by atoms with van der Waals surface area (Å²) in [4.78, 5) is 11.0. The van der Waals surface area contributed by atoms with Crippen LogP contribution in [0.1, 0.15) is 21.6 Å². The number of hydrogen-bond acceptors (Lipinski definition) is 7. The maximum absolute atomic E-state index is 11.0. The van der Waals surface area contributed by atoms with Gasteiger partial charge in [0.05, 0.1) is 30.8 Å². The zero-order chi connectivity index (χ0) is 21.5. The van der Waals surface area contributed by atoms with Crippen molar-refractivity contribution in [1.29, 1.82) is 0 Å². The Morgan fingerprint density at radius 1 is 1.30 bits per heavy atom. The number of hydrogen-bond donors (Lipinski definition) is 3. The minimum absolute atomic E-state index is 0.0666. The molecule has 11 heteroatoms. The van der Waals surface area contributed by atoms with Gasteiger partial charge in [-0.25, -0.2) is 9.48 Å². The van der Waals surface area contributed by atoms with Gasteiger partial charge in [0, 0.05) is 0 Å². The number of nitrogens with two attached hydrogens (primary N) is 1. The van der Waals surface area contributed by atoms with Crippen molar-refractivity contribution < 1.29 is 19.4 Å². The number of hydrazone groups is 1. The molecule has 0 aliphatic rings. The van der Waals surface area contributed by atoms with Crippen LogP contribution in [0.3, 0.4) is 0 Å². The molecule has 1 aromatic heterocycles. The van der Waals surface area contributed by atoms with Crippen molar-refractivity contribution in [3.05, 3.63) is 65.5 Å². The van der Waals surface area contributed by atoms with Crippen LogP contribution in [0.5, 0.6) is 11.5 Å². The lowest BCUT2D eigenvalue weighted by atomic mass is 10.2. The van der Waals surface area contributed by atoms with Crippen molar-refractivity contribution >= 4 is 29.5 Å². The van der Waals surface area contributed by atoms with E-state index in [9.17, 15) is 4.79 Å². The molecule has 0 bridgehead atoms. The van der Waals surface area contributed by atoms with Crippen LogP contribution in [0.2, 0.25) is 0 Å². The van der Waals surface area contributed by atoms with Crippen molar-refractivity contribution in [2.75, 3.05) is 7.11 Å². The number of ether oxygens (including phenoxy) is 2. The highest BCUT2D eigenvalue weighted by Crippen LogP contribution is 2.28. The van der Waals surface area contributed by atoms with Crippen LogP contribution in [0.25, 0.3) is 5.69 Å². The van der Waals surface area contributed by atoms with E-state index in [1.54, 1.807) is 49.9 Å². The number of benzene rings is 2. The Labute approximate surface area is 176 Å². The molecule has 0 radical (unpaired) electrons. The van der Waals surface area contributed by atoms with Gasteiger partial charge >= 0.3 is 5.97 Å². The standard InChI is InChI=1S/C19H18N6O4S/c1-28-16-7-2-12(9-21-23-19(20)30)8-17(16)29-11-14-10-25(24-22-14)15-5-3-13(4-6-15)18(26)27/h2-10H,11H2,1H3,(H,26,27)(H3,20,23,30)/b21-9+. The number of carbonyl (C=O) groups is 1. The van der Waals surface area contributed by atoms with Gasteiger partial charge in [-0.05, 0) is 60.2 Å². The normalized spacial score (nSPS) is 10.7. The highest BCUT2D eigenvalue weighted by atomic mass is 32.1. The number of thiocarbonyl (C=S) groups is 1. The Kier molecular flexibility index (Phi) is 6.55. The van der Waals surface area contributed by atoms with Crippen LogP contribution in [0.15, 0.2) is 53.8 Å². The summed E-state index contributed by atoms with van der Waals surface area (Å²) in [7, 11) is 1.54. The second-order valence-corrected chi connectivity index (χ2v) is 6.38. The second kappa shape index (κ2) is 9.47. The summed E-state index contributed by atoms with van der Waals surface area (Å²) in [6.07, 6.45) is 3.24. The Balaban J connectivity index is 1.70. The lowest BCUT2D eigenvalue weighted by Crippen LogP contribution is -2.23. The first kappa shape index (κ1) is 20.7. The van der Waals surface area contributed by atoms with Crippen molar-refractivity contribution in [2.45, 2.75) is 6.61 Å². The summed E-state index contributed by atoms with van der Waals surface area (Å²) in [5.41, 5.74) is 10.0. The molecule has 1 heterocycles. The molecular formula is C19H18N6O4S. The molecule has 4 N–H and O–H groups in total. The summed E-state index contributed by atoms with van der Waals surface area (Å²) < 4.78 is 12.7. The van der Waals surface area contributed by atoms with Crippen LogP contribution >= 0.6 is 12.2 Å². The zero-order valence-electron chi connectivity index (χ0n) is 15.8. The maximum atomic E-state index is 11.0. The van der Waals surface area contributed by atoms with E-state index in [1.807, 2.05) is 0 Å². The highest BCUT2D eigenvalue weighted by molar-refractivity contribution is 7.80. The first-order valence-electron chi connectivity index (χ1n) is 8.60. The molecule has 0 saturated carbocycles. The molecule has 0 aliphatic heterocycles. The molecule has 3 aromatic rings. The smallest absolute Gasteiger partial charge is 0.335 e.